The molecule has 1 aromatic rings. The minimum absolute atomic E-state index is 0.0137. The summed E-state index contributed by atoms with van der Waals surface area (Å²) in [6.45, 7) is 1.11. The summed E-state index contributed by atoms with van der Waals surface area (Å²) in [5.74, 6) is 0. The third-order valence-electron chi connectivity index (χ3n) is 3.57. The fraction of sp³-hybridized carbons (Fsp3) is 0.538. The molecule has 2 aliphatic heterocycles. The summed E-state index contributed by atoms with van der Waals surface area (Å²) in [4.78, 5) is 0. The Labute approximate surface area is 106 Å². The van der Waals surface area contributed by atoms with Crippen molar-refractivity contribution in [2.45, 2.75) is 30.6 Å². The molecule has 0 bridgehead atoms. The maximum absolute atomic E-state index is 10.1. The van der Waals surface area contributed by atoms with Gasteiger partial charge < -0.3 is 25.6 Å². The van der Waals surface area contributed by atoms with E-state index in [1.54, 1.807) is 0 Å². The molecule has 3 rings (SSSR count). The molecule has 18 heavy (non-hydrogen) atoms. The zero-order valence-electron chi connectivity index (χ0n) is 10.0. The standard InChI is InChI=1S/C13H18N2O3/c14-9-6-15-10-7-17-13(18-12(10)11(9)16)8-4-2-1-3-5-8/h1-5,9-13,15-16H,6-7,14H2/t9-,10+,11+,12+,13+/m0/s1. The topological polar surface area (TPSA) is 76.7 Å². The lowest BCUT2D eigenvalue weighted by atomic mass is 9.94. The Bertz CT molecular complexity index is 398. The molecule has 2 aliphatic rings. The van der Waals surface area contributed by atoms with E-state index in [2.05, 4.69) is 5.32 Å². The van der Waals surface area contributed by atoms with Crippen LogP contribution in [0.5, 0.6) is 0 Å². The normalized spacial score (nSPS) is 40.2. The van der Waals surface area contributed by atoms with Gasteiger partial charge >= 0.3 is 0 Å². The van der Waals surface area contributed by atoms with Gasteiger partial charge in [-0.15, -0.1) is 0 Å². The van der Waals surface area contributed by atoms with Crippen molar-refractivity contribution >= 4 is 0 Å². The molecule has 5 atom stereocenters. The number of nitrogens with two attached hydrogens (primary N) is 1. The van der Waals surface area contributed by atoms with Crippen molar-refractivity contribution in [3.05, 3.63) is 35.9 Å². The molecule has 0 aliphatic carbocycles. The van der Waals surface area contributed by atoms with E-state index in [0.29, 0.717) is 13.2 Å². The number of piperidine rings is 1. The zero-order chi connectivity index (χ0) is 12.5. The van der Waals surface area contributed by atoms with E-state index in [1.807, 2.05) is 30.3 Å². The van der Waals surface area contributed by atoms with Gasteiger partial charge in [0.25, 0.3) is 0 Å². The highest BCUT2D eigenvalue weighted by atomic mass is 16.7. The third-order valence-corrected chi connectivity index (χ3v) is 3.57. The molecule has 0 amide bonds. The first-order valence-corrected chi connectivity index (χ1v) is 6.25. The van der Waals surface area contributed by atoms with Gasteiger partial charge in [0.1, 0.15) is 6.10 Å². The first kappa shape index (κ1) is 12.1. The summed E-state index contributed by atoms with van der Waals surface area (Å²) in [5.41, 5.74) is 6.80. The first-order valence-electron chi connectivity index (χ1n) is 6.25. The Morgan fingerprint density at radius 3 is 2.83 bits per heavy atom. The second-order valence-corrected chi connectivity index (χ2v) is 4.85. The van der Waals surface area contributed by atoms with Crippen LogP contribution in [-0.2, 0) is 9.47 Å². The predicted molar refractivity (Wildman–Crippen MR) is 65.8 cm³/mol. The smallest absolute Gasteiger partial charge is 0.184 e. The van der Waals surface area contributed by atoms with Crippen LogP contribution in [0.2, 0.25) is 0 Å². The lowest BCUT2D eigenvalue weighted by molar-refractivity contribution is -0.257. The summed E-state index contributed by atoms with van der Waals surface area (Å²) in [5, 5.41) is 13.3. The molecule has 4 N–H and O–H groups in total. The van der Waals surface area contributed by atoms with Crippen molar-refractivity contribution in [1.82, 2.24) is 5.32 Å². The Kier molecular flexibility index (Phi) is 3.32. The summed E-state index contributed by atoms with van der Waals surface area (Å²) in [6.07, 6.45) is -1.38. The lowest BCUT2D eigenvalue weighted by Gasteiger charge is -2.44. The highest BCUT2D eigenvalue weighted by molar-refractivity contribution is 5.16. The number of benzene rings is 1. The monoisotopic (exact) mass is 250 g/mol. The highest BCUT2D eigenvalue weighted by Crippen LogP contribution is 2.29. The quantitative estimate of drug-likeness (QED) is 0.641. The average Bonchev–Trinajstić information content (AvgIpc) is 2.44. The largest absolute Gasteiger partial charge is 0.389 e. The van der Waals surface area contributed by atoms with Gasteiger partial charge in [-0.05, 0) is 0 Å². The summed E-state index contributed by atoms with van der Waals surface area (Å²) in [7, 11) is 0. The molecular formula is C13H18N2O3. The molecule has 0 saturated carbocycles. The van der Waals surface area contributed by atoms with Gasteiger partial charge in [0.15, 0.2) is 6.29 Å². The summed E-state index contributed by atoms with van der Waals surface area (Å²) < 4.78 is 11.5. The Hall–Kier alpha value is -0.980. The van der Waals surface area contributed by atoms with Crippen LogP contribution in [0.15, 0.2) is 30.3 Å². The van der Waals surface area contributed by atoms with E-state index in [4.69, 9.17) is 15.2 Å². The van der Waals surface area contributed by atoms with E-state index in [1.165, 1.54) is 0 Å². The fourth-order valence-corrected chi connectivity index (χ4v) is 2.49. The molecule has 1 aromatic carbocycles. The van der Waals surface area contributed by atoms with E-state index in [-0.39, 0.29) is 18.2 Å². The van der Waals surface area contributed by atoms with Crippen LogP contribution < -0.4 is 11.1 Å². The lowest BCUT2D eigenvalue weighted by Crippen LogP contribution is -2.66. The van der Waals surface area contributed by atoms with Crippen LogP contribution in [0.4, 0.5) is 0 Å². The van der Waals surface area contributed by atoms with Crippen molar-refractivity contribution in [1.29, 1.82) is 0 Å². The maximum Gasteiger partial charge on any atom is 0.184 e. The van der Waals surface area contributed by atoms with Crippen LogP contribution in [0, 0.1) is 0 Å². The molecular weight excluding hydrogens is 232 g/mol. The molecule has 0 radical (unpaired) electrons. The number of fused-ring (bicyclic) bond motifs is 1. The molecule has 98 valence electrons. The number of aliphatic hydroxyl groups is 1. The molecule has 0 spiro atoms. The number of nitrogens with one attached hydrogen (secondary N) is 1. The molecule has 5 heteroatoms. The van der Waals surface area contributed by atoms with Gasteiger partial charge in [0, 0.05) is 18.2 Å². The Morgan fingerprint density at radius 2 is 2.06 bits per heavy atom. The van der Waals surface area contributed by atoms with Gasteiger partial charge in [-0.25, -0.2) is 0 Å². The summed E-state index contributed by atoms with van der Waals surface area (Å²) in [6, 6.07) is 9.45. The van der Waals surface area contributed by atoms with Gasteiger partial charge in [-0.1, -0.05) is 30.3 Å². The van der Waals surface area contributed by atoms with E-state index in [0.717, 1.165) is 5.56 Å². The average molecular weight is 250 g/mol. The van der Waals surface area contributed by atoms with Gasteiger partial charge in [-0.3, -0.25) is 0 Å². The van der Waals surface area contributed by atoms with Gasteiger partial charge in [0.2, 0.25) is 0 Å². The molecule has 0 aromatic heterocycles. The van der Waals surface area contributed by atoms with Crippen LogP contribution in [0.3, 0.4) is 0 Å². The van der Waals surface area contributed by atoms with Crippen LogP contribution in [0.1, 0.15) is 11.9 Å². The van der Waals surface area contributed by atoms with Crippen LogP contribution >= 0.6 is 0 Å². The fourth-order valence-electron chi connectivity index (χ4n) is 2.49. The molecule has 2 heterocycles. The van der Waals surface area contributed by atoms with E-state index in [9.17, 15) is 5.11 Å². The van der Waals surface area contributed by atoms with Crippen LogP contribution in [0.25, 0.3) is 0 Å². The van der Waals surface area contributed by atoms with Crippen molar-refractivity contribution in [2.24, 2.45) is 5.73 Å². The zero-order valence-corrected chi connectivity index (χ0v) is 10.0. The van der Waals surface area contributed by atoms with Gasteiger partial charge in [0.05, 0.1) is 18.8 Å². The highest BCUT2D eigenvalue weighted by Gasteiger charge is 2.42. The van der Waals surface area contributed by atoms with Gasteiger partial charge in [-0.2, -0.15) is 0 Å². The third kappa shape index (κ3) is 2.15. The number of hydrogen-bond donors (Lipinski definition) is 3. The maximum atomic E-state index is 10.1. The minimum atomic E-state index is -0.647. The first-order chi connectivity index (χ1) is 8.75. The second-order valence-electron chi connectivity index (χ2n) is 4.85. The SMILES string of the molecule is N[C@H]1CN[C@@H]2CO[C@@H](c3ccccc3)O[C@H]2[C@@H]1O. The number of aliphatic hydroxyl groups excluding tert-OH is 1. The van der Waals surface area contributed by atoms with Crippen molar-refractivity contribution in [2.75, 3.05) is 13.2 Å². The second kappa shape index (κ2) is 4.95. The number of hydrogen-bond acceptors (Lipinski definition) is 5. The van der Waals surface area contributed by atoms with E-state index < -0.39 is 12.4 Å². The molecule has 2 saturated heterocycles. The van der Waals surface area contributed by atoms with Crippen LogP contribution in [-0.4, -0.2) is 42.5 Å². The van der Waals surface area contributed by atoms with E-state index >= 15 is 0 Å². The van der Waals surface area contributed by atoms with Crippen molar-refractivity contribution in [3.8, 4) is 0 Å². The summed E-state index contributed by atoms with van der Waals surface area (Å²) >= 11 is 0. The molecule has 5 nitrogen and oxygen atoms in total. The van der Waals surface area contributed by atoms with Crippen molar-refractivity contribution < 1.29 is 14.6 Å². The number of ether oxygens (including phenoxy) is 2. The number of rotatable bonds is 1. The Morgan fingerprint density at radius 1 is 1.28 bits per heavy atom. The van der Waals surface area contributed by atoms with Crippen molar-refractivity contribution in [3.63, 3.8) is 0 Å². The predicted octanol–water partition coefficient (Wildman–Crippen LogP) is -0.239. The Balaban J connectivity index is 1.75. The molecule has 2 fully saturated rings. The minimum Gasteiger partial charge on any atom is -0.389 e. The molecule has 0 unspecified atom stereocenters.